The summed E-state index contributed by atoms with van der Waals surface area (Å²) in [6.07, 6.45) is 0. The molecular formula is C29H45O3P. The molecule has 2 N–H and O–H groups in total. The predicted octanol–water partition coefficient (Wildman–Crippen LogP) is 8.44. The van der Waals surface area contributed by atoms with E-state index in [0.29, 0.717) is 5.75 Å². The van der Waals surface area contributed by atoms with Crippen LogP contribution >= 0.6 is 8.60 Å². The number of hydrogen-bond donors (Lipinski definition) is 2. The molecule has 3 nitrogen and oxygen atoms in total. The zero-order chi connectivity index (χ0) is 25.7. The van der Waals surface area contributed by atoms with Gasteiger partial charge in [0.05, 0.1) is 0 Å². The Hall–Kier alpha value is -1.41. The van der Waals surface area contributed by atoms with Crippen molar-refractivity contribution in [2.45, 2.75) is 112 Å². The van der Waals surface area contributed by atoms with Crippen LogP contribution in [0.25, 0.3) is 11.1 Å². The van der Waals surface area contributed by atoms with Crippen LogP contribution in [0.1, 0.15) is 111 Å². The summed E-state index contributed by atoms with van der Waals surface area (Å²) in [4.78, 5) is 20.2. The average molecular weight is 473 g/mol. The van der Waals surface area contributed by atoms with Gasteiger partial charge >= 0.3 is 8.60 Å². The van der Waals surface area contributed by atoms with Crippen LogP contribution in [0.3, 0.4) is 0 Å². The molecule has 184 valence electrons. The molecule has 0 spiro atoms. The first-order valence-electron chi connectivity index (χ1n) is 11.9. The maximum absolute atomic E-state index is 10.1. The zero-order valence-electron chi connectivity index (χ0n) is 23.1. The lowest BCUT2D eigenvalue weighted by atomic mass is 9.63. The van der Waals surface area contributed by atoms with Crippen LogP contribution in [0.15, 0.2) is 24.3 Å². The quantitative estimate of drug-likeness (QED) is 0.441. The smallest absolute Gasteiger partial charge is 0.391 e. The summed E-state index contributed by atoms with van der Waals surface area (Å²) < 4.78 is 5.99. The van der Waals surface area contributed by atoms with Gasteiger partial charge < -0.3 is 14.3 Å². The molecule has 0 atom stereocenters. The average Bonchev–Trinajstić information content (AvgIpc) is 2.56. The van der Waals surface area contributed by atoms with Gasteiger partial charge in [-0.3, -0.25) is 0 Å². The van der Waals surface area contributed by atoms with Gasteiger partial charge in [0.1, 0.15) is 5.75 Å². The Balaban J connectivity index is 3.42. The topological polar surface area (TPSA) is 49.7 Å². The third-order valence-electron chi connectivity index (χ3n) is 5.97. The van der Waals surface area contributed by atoms with E-state index in [1.54, 1.807) is 0 Å². The number of rotatable bonds is 3. The highest BCUT2D eigenvalue weighted by atomic mass is 31.2. The largest absolute Gasteiger partial charge is 0.426 e. The Bertz CT molecular complexity index is 990. The third-order valence-corrected chi connectivity index (χ3v) is 6.31. The van der Waals surface area contributed by atoms with Gasteiger partial charge in [-0.1, -0.05) is 113 Å². The van der Waals surface area contributed by atoms with E-state index in [-0.39, 0.29) is 21.7 Å². The van der Waals surface area contributed by atoms with Crippen LogP contribution in [0.4, 0.5) is 0 Å². The fourth-order valence-electron chi connectivity index (χ4n) is 4.84. The molecule has 0 unspecified atom stereocenters. The van der Waals surface area contributed by atoms with Crippen molar-refractivity contribution >= 4 is 8.60 Å². The van der Waals surface area contributed by atoms with Crippen LogP contribution in [-0.2, 0) is 21.7 Å². The molecule has 4 heteroatoms. The molecular weight excluding hydrogens is 427 g/mol. The lowest BCUT2D eigenvalue weighted by Crippen LogP contribution is -2.32. The lowest BCUT2D eigenvalue weighted by Gasteiger charge is -2.42. The van der Waals surface area contributed by atoms with Crippen LogP contribution in [0, 0.1) is 6.92 Å². The minimum absolute atomic E-state index is 0.148. The highest BCUT2D eigenvalue weighted by Crippen LogP contribution is 2.56. The second-order valence-electron chi connectivity index (χ2n) is 13.4. The van der Waals surface area contributed by atoms with E-state index in [0.717, 1.165) is 22.3 Å². The van der Waals surface area contributed by atoms with E-state index in [9.17, 15) is 9.79 Å². The van der Waals surface area contributed by atoms with E-state index in [2.05, 4.69) is 114 Å². The highest BCUT2D eigenvalue weighted by molar-refractivity contribution is 7.39. The first kappa shape index (κ1) is 27.8. The standard InChI is InChI=1S/C29H45O3P/c1-18-14-16-19(17-15-18)20-21(26(2,3)4)23(28(8,9)10)24(29(11,12)13)25(32-33(30)31)22(20)27(5,6)7/h14-17,30-31H,1-13H3. The highest BCUT2D eigenvalue weighted by Gasteiger charge is 2.41. The third kappa shape index (κ3) is 5.99. The summed E-state index contributed by atoms with van der Waals surface area (Å²) in [5, 5.41) is 0. The summed E-state index contributed by atoms with van der Waals surface area (Å²) in [5.74, 6) is 0.625. The van der Waals surface area contributed by atoms with Crippen LogP contribution in [-0.4, -0.2) is 9.79 Å². The minimum atomic E-state index is -2.58. The first-order valence-corrected chi connectivity index (χ1v) is 13.0. The van der Waals surface area contributed by atoms with E-state index in [1.807, 2.05) is 0 Å². The Morgan fingerprint density at radius 1 is 0.576 bits per heavy atom. The second-order valence-corrected chi connectivity index (χ2v) is 14.1. The van der Waals surface area contributed by atoms with Crippen molar-refractivity contribution in [1.29, 1.82) is 0 Å². The fraction of sp³-hybridized carbons (Fsp3) is 0.586. The molecule has 0 bridgehead atoms. The lowest BCUT2D eigenvalue weighted by molar-refractivity contribution is 0.361. The molecule has 2 aromatic rings. The Morgan fingerprint density at radius 3 is 1.30 bits per heavy atom. The van der Waals surface area contributed by atoms with Crippen LogP contribution < -0.4 is 4.52 Å². The van der Waals surface area contributed by atoms with Crippen molar-refractivity contribution in [2.75, 3.05) is 0 Å². The molecule has 0 aromatic heterocycles. The molecule has 0 aliphatic carbocycles. The van der Waals surface area contributed by atoms with Gasteiger partial charge in [0.25, 0.3) is 0 Å². The molecule has 0 heterocycles. The van der Waals surface area contributed by atoms with E-state index in [1.165, 1.54) is 16.7 Å². The van der Waals surface area contributed by atoms with Crippen molar-refractivity contribution in [2.24, 2.45) is 0 Å². The van der Waals surface area contributed by atoms with Crippen molar-refractivity contribution in [3.05, 3.63) is 52.1 Å². The van der Waals surface area contributed by atoms with Crippen molar-refractivity contribution in [1.82, 2.24) is 0 Å². The van der Waals surface area contributed by atoms with Crippen molar-refractivity contribution < 1.29 is 14.3 Å². The summed E-state index contributed by atoms with van der Waals surface area (Å²) in [7, 11) is -2.58. The number of benzene rings is 2. The SMILES string of the molecule is Cc1ccc(-c2c(C(C)(C)C)c(OP(O)O)c(C(C)(C)C)c(C(C)(C)C)c2C(C)(C)C)cc1. The molecule has 2 rings (SSSR count). The summed E-state index contributed by atoms with van der Waals surface area (Å²) in [6.45, 7) is 28.8. The van der Waals surface area contributed by atoms with Gasteiger partial charge in [0, 0.05) is 11.1 Å². The first-order chi connectivity index (χ1) is 14.7. The zero-order valence-corrected chi connectivity index (χ0v) is 24.0. The summed E-state index contributed by atoms with van der Waals surface area (Å²) in [5.41, 5.74) is 7.23. The van der Waals surface area contributed by atoms with Gasteiger partial charge in [-0.15, -0.1) is 0 Å². The number of aryl methyl sites for hydroxylation is 1. The fourth-order valence-corrected chi connectivity index (χ4v) is 5.19. The molecule has 0 saturated heterocycles. The normalized spacial score (nSPS) is 13.6. The molecule has 0 radical (unpaired) electrons. The van der Waals surface area contributed by atoms with Crippen LogP contribution in [0.5, 0.6) is 5.75 Å². The summed E-state index contributed by atoms with van der Waals surface area (Å²) >= 11 is 0. The van der Waals surface area contributed by atoms with Crippen molar-refractivity contribution in [3.8, 4) is 16.9 Å². The molecule has 33 heavy (non-hydrogen) atoms. The molecule has 0 fully saturated rings. The van der Waals surface area contributed by atoms with E-state index < -0.39 is 8.60 Å². The second kappa shape index (κ2) is 8.99. The predicted molar refractivity (Wildman–Crippen MR) is 143 cm³/mol. The van der Waals surface area contributed by atoms with E-state index in [4.69, 9.17) is 4.52 Å². The van der Waals surface area contributed by atoms with Gasteiger partial charge in [-0.2, -0.15) is 0 Å². The number of hydrogen-bond acceptors (Lipinski definition) is 3. The van der Waals surface area contributed by atoms with Gasteiger partial charge in [0.2, 0.25) is 0 Å². The molecule has 0 saturated carbocycles. The molecule has 0 aliphatic rings. The van der Waals surface area contributed by atoms with Gasteiger partial charge in [-0.05, 0) is 50.8 Å². The Morgan fingerprint density at radius 2 is 0.970 bits per heavy atom. The Labute approximate surface area is 203 Å². The van der Waals surface area contributed by atoms with Gasteiger partial charge in [0.15, 0.2) is 0 Å². The maximum Gasteiger partial charge on any atom is 0.391 e. The van der Waals surface area contributed by atoms with Crippen molar-refractivity contribution in [3.63, 3.8) is 0 Å². The maximum atomic E-state index is 10.1. The molecule has 0 amide bonds. The van der Waals surface area contributed by atoms with Gasteiger partial charge in [-0.25, -0.2) is 0 Å². The molecule has 2 aromatic carbocycles. The van der Waals surface area contributed by atoms with E-state index >= 15 is 0 Å². The molecule has 0 aliphatic heterocycles. The Kier molecular flexibility index (Phi) is 7.58. The van der Waals surface area contributed by atoms with Crippen LogP contribution in [0.2, 0.25) is 0 Å². The minimum Gasteiger partial charge on any atom is -0.426 e. The monoisotopic (exact) mass is 472 g/mol. The summed E-state index contributed by atoms with van der Waals surface area (Å²) in [6, 6.07) is 8.66.